The van der Waals surface area contributed by atoms with Crippen LogP contribution in [0.25, 0.3) is 0 Å². The Bertz CT molecular complexity index is 297. The molecule has 2 aliphatic rings. The second-order valence-electron chi connectivity index (χ2n) is 8.93. The third-order valence-corrected chi connectivity index (χ3v) is 12.4. The van der Waals surface area contributed by atoms with Crippen LogP contribution in [-0.4, -0.2) is 8.07 Å². The predicted molar refractivity (Wildman–Crippen MR) is 123 cm³/mol. The molecule has 2 saturated carbocycles. The molecular weight excluding hydrogens is 454 g/mol. The molecule has 0 spiro atoms. The molecule has 0 bridgehead atoms. The first-order valence-electron chi connectivity index (χ1n) is 10.5. The van der Waals surface area contributed by atoms with Crippen LogP contribution >= 0.6 is 17.0 Å². The van der Waals surface area contributed by atoms with Crippen molar-refractivity contribution in [2.75, 3.05) is 0 Å². The second-order valence-corrected chi connectivity index (χ2v) is 17.9. The fourth-order valence-corrected chi connectivity index (χ4v) is 9.71. The van der Waals surface area contributed by atoms with Gasteiger partial charge >= 0.3 is 37.9 Å². The average Bonchev–Trinajstić information content (AvgIpc) is 3.21. The average molecular weight is 501 g/mol. The molecule has 0 N–H and O–H groups in total. The monoisotopic (exact) mass is 498 g/mol. The van der Waals surface area contributed by atoms with Crippen molar-refractivity contribution in [2.24, 2.45) is 11.8 Å². The van der Waals surface area contributed by atoms with E-state index in [4.69, 9.17) is 17.0 Å². The van der Waals surface area contributed by atoms with Crippen LogP contribution in [-0.2, 0) is 20.8 Å². The van der Waals surface area contributed by atoms with Crippen molar-refractivity contribution in [2.45, 2.75) is 115 Å². The van der Waals surface area contributed by atoms with E-state index >= 15 is 0 Å². The van der Waals surface area contributed by atoms with Gasteiger partial charge in [0.2, 0.25) is 0 Å². The van der Waals surface area contributed by atoms with E-state index in [0.29, 0.717) is 0 Å². The van der Waals surface area contributed by atoms with Crippen LogP contribution in [0.3, 0.4) is 0 Å². The standard InChI is InChI=1S/C20H40Si.2CH3.2ClH.Zr/c1-5-7-9-17-11-13-19(15-17)21(3,4)20-14-12-18(16-20)10-8-6-2;;;;;/h17-20H,5-16H2,1-4H3;2*1H3;2*1H;/q;2*-1;;;+4/p-2. The molecule has 0 aromatic carbocycles. The summed E-state index contributed by atoms with van der Waals surface area (Å²) in [6, 6.07) is 0. The Kier molecular flexibility index (Phi) is 18.9. The Hall–Kier alpha value is 1.68. The first kappa shape index (κ1) is 29.9. The normalized spacial score (nSPS) is 27.6. The van der Waals surface area contributed by atoms with Gasteiger partial charge in [-0.1, -0.05) is 91.1 Å². The minimum atomic E-state index is -0.999. The van der Waals surface area contributed by atoms with Crippen molar-refractivity contribution in [1.29, 1.82) is 0 Å². The first-order valence-corrected chi connectivity index (χ1v) is 19.9. The molecule has 0 nitrogen and oxygen atoms in total. The van der Waals surface area contributed by atoms with E-state index in [2.05, 4.69) is 26.9 Å². The Balaban J connectivity index is 0. The summed E-state index contributed by atoms with van der Waals surface area (Å²) in [7, 11) is 8.87. The van der Waals surface area contributed by atoms with Gasteiger partial charge in [0, 0.05) is 0 Å². The molecular formula is C22H46Cl2SiZr. The fraction of sp³-hybridized carbons (Fsp3) is 0.909. The molecule has 2 aliphatic carbocycles. The SMILES string of the molecule is CCCCC1CCC([Si](C)(C)C2CCC(CCCC)C2)C1.[CH3-].[CH3-].[Cl][Zr+2][Cl]. The van der Waals surface area contributed by atoms with Gasteiger partial charge in [0.15, 0.2) is 0 Å². The maximum atomic E-state index is 4.93. The van der Waals surface area contributed by atoms with Crippen molar-refractivity contribution in [1.82, 2.24) is 0 Å². The quantitative estimate of drug-likeness (QED) is 0.230. The topological polar surface area (TPSA) is 0 Å². The van der Waals surface area contributed by atoms with Crippen LogP contribution in [0.2, 0.25) is 24.2 Å². The van der Waals surface area contributed by atoms with E-state index in [1.54, 1.807) is 38.5 Å². The van der Waals surface area contributed by atoms with E-state index in [9.17, 15) is 0 Å². The summed E-state index contributed by atoms with van der Waals surface area (Å²) in [5, 5.41) is 0. The van der Waals surface area contributed by atoms with Gasteiger partial charge in [0.25, 0.3) is 0 Å². The summed E-state index contributed by atoms with van der Waals surface area (Å²) < 4.78 is 0. The maximum absolute atomic E-state index is 4.93. The first-order chi connectivity index (χ1) is 11.5. The van der Waals surface area contributed by atoms with Crippen LogP contribution in [0.4, 0.5) is 0 Å². The van der Waals surface area contributed by atoms with Gasteiger partial charge in [0.1, 0.15) is 0 Å². The summed E-state index contributed by atoms with van der Waals surface area (Å²) in [6.07, 6.45) is 18.3. The second kappa shape index (κ2) is 16.5. The van der Waals surface area contributed by atoms with Gasteiger partial charge in [-0.3, -0.25) is 0 Å². The van der Waals surface area contributed by atoms with Crippen LogP contribution < -0.4 is 0 Å². The zero-order valence-electron chi connectivity index (χ0n) is 18.6. The van der Waals surface area contributed by atoms with Crippen LogP contribution in [0.15, 0.2) is 0 Å². The number of hydrogen-bond acceptors (Lipinski definition) is 0. The Labute approximate surface area is 186 Å². The van der Waals surface area contributed by atoms with E-state index < -0.39 is 28.9 Å². The molecule has 2 rings (SSSR count). The zero-order valence-corrected chi connectivity index (χ0v) is 23.5. The molecule has 4 heteroatoms. The van der Waals surface area contributed by atoms with Gasteiger partial charge in [-0.05, 0) is 35.8 Å². The predicted octanol–water partition coefficient (Wildman–Crippen LogP) is 9.69. The van der Waals surface area contributed by atoms with Crippen molar-refractivity contribution < 1.29 is 20.8 Å². The molecule has 2 fully saturated rings. The number of unbranched alkanes of at least 4 members (excludes halogenated alkanes) is 2. The van der Waals surface area contributed by atoms with Crippen molar-refractivity contribution in [3.63, 3.8) is 0 Å². The van der Waals surface area contributed by atoms with E-state index in [-0.39, 0.29) is 14.9 Å². The molecule has 4 atom stereocenters. The summed E-state index contributed by atoms with van der Waals surface area (Å²) in [5.41, 5.74) is 2.32. The zero-order chi connectivity index (χ0) is 18.0. The molecule has 0 saturated heterocycles. The van der Waals surface area contributed by atoms with Crippen LogP contribution in [0.1, 0.15) is 90.9 Å². The molecule has 0 heterocycles. The van der Waals surface area contributed by atoms with Crippen molar-refractivity contribution >= 4 is 25.1 Å². The van der Waals surface area contributed by atoms with E-state index in [1.807, 2.05) is 0 Å². The van der Waals surface area contributed by atoms with Gasteiger partial charge in [-0.25, -0.2) is 0 Å². The summed E-state index contributed by atoms with van der Waals surface area (Å²) in [6.45, 7) is 10.2. The summed E-state index contributed by atoms with van der Waals surface area (Å²) in [4.78, 5) is 0. The van der Waals surface area contributed by atoms with Gasteiger partial charge in [-0.15, -0.1) is 0 Å². The molecule has 0 aromatic heterocycles. The number of hydrogen-bond donors (Lipinski definition) is 0. The molecule has 4 unspecified atom stereocenters. The molecule has 0 radical (unpaired) electrons. The van der Waals surface area contributed by atoms with Crippen molar-refractivity contribution in [3.05, 3.63) is 14.9 Å². The molecule has 0 aliphatic heterocycles. The number of rotatable bonds is 8. The third kappa shape index (κ3) is 9.93. The van der Waals surface area contributed by atoms with E-state index in [0.717, 1.165) is 22.9 Å². The molecule has 0 aromatic rings. The third-order valence-electron chi connectivity index (χ3n) is 7.12. The van der Waals surface area contributed by atoms with E-state index in [1.165, 1.54) is 38.5 Å². The fourth-order valence-electron chi connectivity index (χ4n) is 5.34. The van der Waals surface area contributed by atoms with Gasteiger partial charge < -0.3 is 14.9 Å². The van der Waals surface area contributed by atoms with Crippen LogP contribution in [0, 0.1) is 26.7 Å². The molecule has 156 valence electrons. The number of halogens is 2. The molecule has 0 amide bonds. The van der Waals surface area contributed by atoms with Gasteiger partial charge in [0.05, 0.1) is 8.07 Å². The Morgan fingerprint density at radius 1 is 0.769 bits per heavy atom. The molecule has 26 heavy (non-hydrogen) atoms. The van der Waals surface area contributed by atoms with Crippen LogP contribution in [0.5, 0.6) is 0 Å². The van der Waals surface area contributed by atoms with Gasteiger partial charge in [-0.2, -0.15) is 0 Å². The van der Waals surface area contributed by atoms with Crippen molar-refractivity contribution in [3.8, 4) is 0 Å². The minimum absolute atomic E-state index is 0. The Morgan fingerprint density at radius 2 is 1.12 bits per heavy atom. The summed E-state index contributed by atoms with van der Waals surface area (Å²) in [5.74, 6) is 2.19. The Morgan fingerprint density at radius 3 is 1.42 bits per heavy atom. The summed E-state index contributed by atoms with van der Waals surface area (Å²) >= 11 is -0.826.